The number of ether oxygens (including phenoxy) is 2. The Balaban J connectivity index is 1.31. The molecule has 166 valence electrons. The summed E-state index contributed by atoms with van der Waals surface area (Å²) < 4.78 is 11.1. The Hall–Kier alpha value is -3.16. The second-order valence-corrected chi connectivity index (χ2v) is 8.42. The number of likely N-dealkylation sites (N-methyl/N-ethyl adjacent to an activating group) is 1. The normalized spacial score (nSPS) is 16.4. The summed E-state index contributed by atoms with van der Waals surface area (Å²) >= 11 is 0. The highest BCUT2D eigenvalue weighted by molar-refractivity contribution is 5.75. The Kier molecular flexibility index (Phi) is 5.92. The molecule has 2 aliphatic heterocycles. The fraction of sp³-hybridized carbons (Fsp3) is 0.360. The predicted molar refractivity (Wildman–Crippen MR) is 126 cm³/mol. The number of aromatic nitrogens is 2. The molecule has 0 unspecified atom stereocenters. The lowest BCUT2D eigenvalue weighted by Crippen LogP contribution is -2.43. The van der Waals surface area contributed by atoms with Crippen molar-refractivity contribution < 1.29 is 9.47 Å². The minimum Gasteiger partial charge on any atom is -0.489 e. The van der Waals surface area contributed by atoms with E-state index in [9.17, 15) is 0 Å². The molecule has 0 radical (unpaired) electrons. The lowest BCUT2D eigenvalue weighted by atomic mass is 10.0. The Bertz CT molecular complexity index is 1060. The van der Waals surface area contributed by atoms with E-state index in [4.69, 9.17) is 9.47 Å². The minimum atomic E-state index is 0.601. The number of rotatable bonds is 6. The van der Waals surface area contributed by atoms with Gasteiger partial charge in [0.1, 0.15) is 0 Å². The van der Waals surface area contributed by atoms with Gasteiger partial charge in [-0.05, 0) is 30.8 Å². The van der Waals surface area contributed by atoms with Crippen LogP contribution in [0.4, 0.5) is 11.5 Å². The van der Waals surface area contributed by atoms with Gasteiger partial charge in [-0.2, -0.15) is 0 Å². The van der Waals surface area contributed by atoms with E-state index in [1.807, 2.05) is 24.5 Å². The van der Waals surface area contributed by atoms with Crippen molar-refractivity contribution in [2.75, 3.05) is 52.3 Å². The van der Waals surface area contributed by atoms with Crippen molar-refractivity contribution in [3.8, 4) is 22.8 Å². The van der Waals surface area contributed by atoms with Crippen molar-refractivity contribution in [1.82, 2.24) is 19.8 Å². The topological polar surface area (TPSA) is 62.8 Å². The van der Waals surface area contributed by atoms with Crippen LogP contribution < -0.4 is 14.8 Å². The van der Waals surface area contributed by atoms with E-state index in [1.54, 1.807) is 7.11 Å². The first-order valence-corrected chi connectivity index (χ1v) is 11.1. The zero-order valence-electron chi connectivity index (χ0n) is 18.7. The highest BCUT2D eigenvalue weighted by Crippen LogP contribution is 2.40. The van der Waals surface area contributed by atoms with Crippen molar-refractivity contribution >= 4 is 11.5 Å². The molecule has 32 heavy (non-hydrogen) atoms. The number of piperazine rings is 1. The van der Waals surface area contributed by atoms with Gasteiger partial charge in [0.05, 0.1) is 13.7 Å². The van der Waals surface area contributed by atoms with E-state index in [2.05, 4.69) is 56.4 Å². The van der Waals surface area contributed by atoms with Crippen LogP contribution in [0, 0.1) is 0 Å². The van der Waals surface area contributed by atoms with Gasteiger partial charge in [-0.1, -0.05) is 12.1 Å². The van der Waals surface area contributed by atoms with Crippen LogP contribution in [0.15, 0.2) is 48.8 Å². The number of pyridine rings is 2. The Morgan fingerprint density at radius 1 is 1.00 bits per heavy atom. The first-order chi connectivity index (χ1) is 15.7. The third kappa shape index (κ3) is 4.40. The molecule has 0 saturated carbocycles. The standard InChI is InChI=1S/C25H29N5O2/c1-29-10-12-30(13-11-29)17-18-3-6-20(7-4-18)28-25-24-21(9-14-32-24)22(16-27-25)19-5-8-23(31-2)26-15-19/h3-8,15-16H,9-14,17H2,1-2H3,(H,27,28). The van der Waals surface area contributed by atoms with E-state index in [0.29, 0.717) is 12.5 Å². The minimum absolute atomic E-state index is 0.601. The molecule has 1 N–H and O–H groups in total. The van der Waals surface area contributed by atoms with E-state index < -0.39 is 0 Å². The lowest BCUT2D eigenvalue weighted by Gasteiger charge is -2.32. The summed E-state index contributed by atoms with van der Waals surface area (Å²) in [4.78, 5) is 13.9. The summed E-state index contributed by atoms with van der Waals surface area (Å²) in [6, 6.07) is 12.5. The van der Waals surface area contributed by atoms with Crippen LogP contribution in [0.1, 0.15) is 11.1 Å². The summed E-state index contributed by atoms with van der Waals surface area (Å²) in [5.41, 5.74) is 5.58. The van der Waals surface area contributed by atoms with Crippen molar-refractivity contribution in [3.63, 3.8) is 0 Å². The average Bonchev–Trinajstić information content (AvgIpc) is 3.33. The summed E-state index contributed by atoms with van der Waals surface area (Å²) in [7, 11) is 3.81. The molecule has 0 bridgehead atoms. The third-order valence-corrected chi connectivity index (χ3v) is 6.21. The summed E-state index contributed by atoms with van der Waals surface area (Å²) in [5, 5.41) is 3.45. The molecular formula is C25H29N5O2. The monoisotopic (exact) mass is 431 g/mol. The number of anilines is 2. The number of methoxy groups -OCH3 is 1. The third-order valence-electron chi connectivity index (χ3n) is 6.21. The molecular weight excluding hydrogens is 402 g/mol. The van der Waals surface area contributed by atoms with Crippen molar-refractivity contribution in [2.24, 2.45) is 0 Å². The fourth-order valence-corrected chi connectivity index (χ4v) is 4.28. The molecule has 0 spiro atoms. The van der Waals surface area contributed by atoms with Crippen molar-refractivity contribution in [3.05, 3.63) is 59.9 Å². The molecule has 0 atom stereocenters. The van der Waals surface area contributed by atoms with Gasteiger partial charge in [0.15, 0.2) is 11.6 Å². The second kappa shape index (κ2) is 9.14. The average molecular weight is 432 g/mol. The smallest absolute Gasteiger partial charge is 0.212 e. The van der Waals surface area contributed by atoms with Gasteiger partial charge in [-0.15, -0.1) is 0 Å². The van der Waals surface area contributed by atoms with Gasteiger partial charge in [0.2, 0.25) is 5.88 Å². The number of nitrogens with one attached hydrogen (secondary N) is 1. The van der Waals surface area contributed by atoms with Gasteiger partial charge >= 0.3 is 0 Å². The number of nitrogens with zero attached hydrogens (tertiary/aromatic N) is 4. The Labute approximate surface area is 189 Å². The van der Waals surface area contributed by atoms with E-state index in [1.165, 1.54) is 11.1 Å². The molecule has 0 amide bonds. The lowest BCUT2D eigenvalue weighted by molar-refractivity contribution is 0.148. The molecule has 1 saturated heterocycles. The van der Waals surface area contributed by atoms with Crippen molar-refractivity contribution in [2.45, 2.75) is 13.0 Å². The highest BCUT2D eigenvalue weighted by Gasteiger charge is 2.23. The van der Waals surface area contributed by atoms with Crippen LogP contribution >= 0.6 is 0 Å². The molecule has 7 heteroatoms. The molecule has 7 nitrogen and oxygen atoms in total. The largest absolute Gasteiger partial charge is 0.489 e. The number of hydrogen-bond acceptors (Lipinski definition) is 7. The molecule has 3 aromatic rings. The van der Waals surface area contributed by atoms with Crippen LogP contribution in [-0.4, -0.2) is 66.7 Å². The maximum atomic E-state index is 5.96. The zero-order valence-corrected chi connectivity index (χ0v) is 18.7. The number of benzene rings is 1. The maximum absolute atomic E-state index is 5.96. The van der Waals surface area contributed by atoms with Crippen molar-refractivity contribution in [1.29, 1.82) is 0 Å². The van der Waals surface area contributed by atoms with Gasteiger partial charge in [0, 0.05) is 80.0 Å². The van der Waals surface area contributed by atoms with Crippen LogP contribution in [0.2, 0.25) is 0 Å². The zero-order chi connectivity index (χ0) is 21.9. The van der Waals surface area contributed by atoms with Gasteiger partial charge in [-0.25, -0.2) is 9.97 Å². The first kappa shape index (κ1) is 20.7. The SMILES string of the molecule is COc1ccc(-c2cnc(Nc3ccc(CN4CCN(C)CC4)cc3)c3c2CCO3)cn1. The molecule has 1 fully saturated rings. The first-order valence-electron chi connectivity index (χ1n) is 11.1. The van der Waals surface area contributed by atoms with Crippen LogP contribution in [0.5, 0.6) is 11.6 Å². The highest BCUT2D eigenvalue weighted by atomic mass is 16.5. The molecule has 2 aromatic heterocycles. The number of hydrogen-bond donors (Lipinski definition) is 1. The predicted octanol–water partition coefficient (Wildman–Crippen LogP) is 3.58. The molecule has 1 aromatic carbocycles. The van der Waals surface area contributed by atoms with Gasteiger partial charge in [0.25, 0.3) is 0 Å². The molecule has 0 aliphatic carbocycles. The second-order valence-electron chi connectivity index (χ2n) is 8.42. The van der Waals surface area contributed by atoms with Crippen LogP contribution in [0.25, 0.3) is 11.1 Å². The Morgan fingerprint density at radius 2 is 1.81 bits per heavy atom. The fourth-order valence-electron chi connectivity index (χ4n) is 4.28. The number of fused-ring (bicyclic) bond motifs is 1. The maximum Gasteiger partial charge on any atom is 0.212 e. The van der Waals surface area contributed by atoms with Gasteiger partial charge in [-0.3, -0.25) is 4.90 Å². The summed E-state index contributed by atoms with van der Waals surface area (Å²) in [5.74, 6) is 2.19. The van der Waals surface area contributed by atoms with E-state index in [0.717, 1.165) is 67.5 Å². The summed E-state index contributed by atoms with van der Waals surface area (Å²) in [6.07, 6.45) is 4.58. The van der Waals surface area contributed by atoms with E-state index >= 15 is 0 Å². The van der Waals surface area contributed by atoms with Gasteiger partial charge < -0.3 is 19.7 Å². The van der Waals surface area contributed by atoms with Crippen LogP contribution in [-0.2, 0) is 13.0 Å². The Morgan fingerprint density at radius 3 is 2.53 bits per heavy atom. The van der Waals surface area contributed by atoms with Crippen LogP contribution in [0.3, 0.4) is 0 Å². The van der Waals surface area contributed by atoms with E-state index in [-0.39, 0.29) is 0 Å². The molecule has 5 rings (SSSR count). The molecule has 4 heterocycles. The molecule has 2 aliphatic rings. The quantitative estimate of drug-likeness (QED) is 0.640. The summed E-state index contributed by atoms with van der Waals surface area (Å²) in [6.45, 7) is 6.18.